The van der Waals surface area contributed by atoms with Crippen molar-refractivity contribution in [1.29, 1.82) is 0 Å². The Hall–Kier alpha value is -2.33. The SMILES string of the molecule is CCN(CC1CCOC1)C(=O)C(C)Oc1ccc(-c2ccccc2)cc1. The van der Waals surface area contributed by atoms with Crippen LogP contribution in [0.15, 0.2) is 54.6 Å². The molecule has 2 aromatic carbocycles. The van der Waals surface area contributed by atoms with E-state index in [-0.39, 0.29) is 5.91 Å². The van der Waals surface area contributed by atoms with Crippen molar-refractivity contribution in [1.82, 2.24) is 4.90 Å². The van der Waals surface area contributed by atoms with Gasteiger partial charge < -0.3 is 14.4 Å². The van der Waals surface area contributed by atoms with Gasteiger partial charge in [-0.2, -0.15) is 0 Å². The van der Waals surface area contributed by atoms with Crippen LogP contribution in [-0.2, 0) is 9.53 Å². The minimum Gasteiger partial charge on any atom is -0.481 e. The molecule has 2 atom stereocenters. The van der Waals surface area contributed by atoms with Gasteiger partial charge in [0, 0.05) is 25.6 Å². The molecule has 0 aliphatic carbocycles. The zero-order valence-electron chi connectivity index (χ0n) is 15.6. The number of likely N-dealkylation sites (N-methyl/N-ethyl adjacent to an activating group) is 1. The number of ether oxygens (including phenoxy) is 2. The van der Waals surface area contributed by atoms with Crippen molar-refractivity contribution in [3.8, 4) is 16.9 Å². The summed E-state index contributed by atoms with van der Waals surface area (Å²) in [5.41, 5.74) is 2.30. The van der Waals surface area contributed by atoms with E-state index in [1.807, 2.05) is 61.2 Å². The molecule has 0 saturated carbocycles. The highest BCUT2D eigenvalue weighted by Gasteiger charge is 2.25. The molecule has 1 saturated heterocycles. The lowest BCUT2D eigenvalue weighted by Gasteiger charge is -2.27. The molecule has 2 aromatic rings. The second-order valence-electron chi connectivity index (χ2n) is 6.76. The fourth-order valence-electron chi connectivity index (χ4n) is 3.28. The number of amides is 1. The number of hydrogen-bond acceptors (Lipinski definition) is 3. The first kappa shape index (κ1) is 18.5. The van der Waals surface area contributed by atoms with Gasteiger partial charge in [0.25, 0.3) is 5.91 Å². The zero-order chi connectivity index (χ0) is 18.4. The molecule has 2 unspecified atom stereocenters. The molecule has 1 fully saturated rings. The molecule has 3 rings (SSSR count). The van der Waals surface area contributed by atoms with Crippen molar-refractivity contribution < 1.29 is 14.3 Å². The zero-order valence-corrected chi connectivity index (χ0v) is 15.6. The van der Waals surface area contributed by atoms with E-state index in [2.05, 4.69) is 12.1 Å². The molecule has 1 heterocycles. The maximum atomic E-state index is 12.7. The van der Waals surface area contributed by atoms with Gasteiger partial charge >= 0.3 is 0 Å². The molecule has 1 aliphatic heterocycles. The van der Waals surface area contributed by atoms with Crippen LogP contribution in [0.1, 0.15) is 20.3 Å². The van der Waals surface area contributed by atoms with Gasteiger partial charge in [0.15, 0.2) is 6.10 Å². The highest BCUT2D eigenvalue weighted by Crippen LogP contribution is 2.23. The van der Waals surface area contributed by atoms with Crippen molar-refractivity contribution in [3.05, 3.63) is 54.6 Å². The van der Waals surface area contributed by atoms with Gasteiger partial charge in [-0.1, -0.05) is 42.5 Å². The summed E-state index contributed by atoms with van der Waals surface area (Å²) in [7, 11) is 0. The van der Waals surface area contributed by atoms with E-state index >= 15 is 0 Å². The Balaban J connectivity index is 1.59. The first-order valence-corrected chi connectivity index (χ1v) is 9.36. The largest absolute Gasteiger partial charge is 0.481 e. The van der Waals surface area contributed by atoms with Crippen LogP contribution in [0.5, 0.6) is 5.75 Å². The van der Waals surface area contributed by atoms with E-state index in [0.29, 0.717) is 18.2 Å². The Kier molecular flexibility index (Phi) is 6.29. The van der Waals surface area contributed by atoms with E-state index in [1.54, 1.807) is 0 Å². The van der Waals surface area contributed by atoms with E-state index in [4.69, 9.17) is 9.47 Å². The minimum absolute atomic E-state index is 0.0338. The van der Waals surface area contributed by atoms with Gasteiger partial charge in [0.1, 0.15) is 5.75 Å². The number of rotatable bonds is 7. The van der Waals surface area contributed by atoms with Gasteiger partial charge in [0.05, 0.1) is 6.61 Å². The normalized spacial score (nSPS) is 17.7. The molecule has 0 radical (unpaired) electrons. The first-order valence-electron chi connectivity index (χ1n) is 9.36. The maximum Gasteiger partial charge on any atom is 0.263 e. The van der Waals surface area contributed by atoms with Gasteiger partial charge in [-0.3, -0.25) is 4.79 Å². The number of hydrogen-bond donors (Lipinski definition) is 0. The first-order chi connectivity index (χ1) is 12.7. The van der Waals surface area contributed by atoms with Crippen molar-refractivity contribution in [2.45, 2.75) is 26.4 Å². The average molecular weight is 353 g/mol. The number of carbonyl (C=O) groups excluding carboxylic acids is 1. The van der Waals surface area contributed by atoms with Crippen LogP contribution in [0.25, 0.3) is 11.1 Å². The van der Waals surface area contributed by atoms with Crippen molar-refractivity contribution in [2.75, 3.05) is 26.3 Å². The summed E-state index contributed by atoms with van der Waals surface area (Å²) >= 11 is 0. The quantitative estimate of drug-likeness (QED) is 0.755. The van der Waals surface area contributed by atoms with Gasteiger partial charge in [-0.05, 0) is 43.5 Å². The summed E-state index contributed by atoms with van der Waals surface area (Å²) in [5, 5.41) is 0. The lowest BCUT2D eigenvalue weighted by atomic mass is 10.1. The summed E-state index contributed by atoms with van der Waals surface area (Å²) in [6, 6.07) is 18.1. The summed E-state index contributed by atoms with van der Waals surface area (Å²) in [4.78, 5) is 14.6. The lowest BCUT2D eigenvalue weighted by molar-refractivity contribution is -0.138. The third-order valence-electron chi connectivity index (χ3n) is 4.82. The molecule has 0 aromatic heterocycles. The molecule has 1 aliphatic rings. The molecule has 26 heavy (non-hydrogen) atoms. The summed E-state index contributed by atoms with van der Waals surface area (Å²) in [6.07, 6.45) is 0.528. The molecular weight excluding hydrogens is 326 g/mol. The molecule has 138 valence electrons. The second-order valence-corrected chi connectivity index (χ2v) is 6.76. The molecule has 1 amide bonds. The van der Waals surface area contributed by atoms with Gasteiger partial charge in [-0.15, -0.1) is 0 Å². The van der Waals surface area contributed by atoms with E-state index in [1.165, 1.54) is 5.56 Å². The minimum atomic E-state index is -0.500. The van der Waals surface area contributed by atoms with E-state index in [0.717, 1.165) is 31.7 Å². The molecule has 0 N–H and O–H groups in total. The molecule has 4 nitrogen and oxygen atoms in total. The second kappa shape index (κ2) is 8.86. The van der Waals surface area contributed by atoms with E-state index < -0.39 is 6.10 Å². The summed E-state index contributed by atoms with van der Waals surface area (Å²) in [5.74, 6) is 1.19. The van der Waals surface area contributed by atoms with Crippen LogP contribution in [0.4, 0.5) is 0 Å². The number of nitrogens with zero attached hydrogens (tertiary/aromatic N) is 1. The molecule has 0 spiro atoms. The van der Waals surface area contributed by atoms with Crippen LogP contribution in [0, 0.1) is 5.92 Å². The molecule has 4 heteroatoms. The van der Waals surface area contributed by atoms with Crippen LogP contribution >= 0.6 is 0 Å². The fourth-order valence-corrected chi connectivity index (χ4v) is 3.28. The van der Waals surface area contributed by atoms with E-state index in [9.17, 15) is 4.79 Å². The third-order valence-corrected chi connectivity index (χ3v) is 4.82. The fraction of sp³-hybridized carbons (Fsp3) is 0.409. The van der Waals surface area contributed by atoms with Gasteiger partial charge in [0.2, 0.25) is 0 Å². The van der Waals surface area contributed by atoms with Crippen molar-refractivity contribution in [3.63, 3.8) is 0 Å². The lowest BCUT2D eigenvalue weighted by Crippen LogP contribution is -2.42. The van der Waals surface area contributed by atoms with Crippen LogP contribution in [-0.4, -0.2) is 43.2 Å². The Labute approximate surface area is 155 Å². The third kappa shape index (κ3) is 4.64. The number of benzene rings is 2. The van der Waals surface area contributed by atoms with Crippen molar-refractivity contribution in [2.24, 2.45) is 5.92 Å². The summed E-state index contributed by atoms with van der Waals surface area (Å²) < 4.78 is 11.3. The Bertz CT molecular complexity index is 693. The van der Waals surface area contributed by atoms with Crippen LogP contribution in [0.3, 0.4) is 0 Å². The molecular formula is C22H27NO3. The summed E-state index contributed by atoms with van der Waals surface area (Å²) in [6.45, 7) is 6.82. The Morgan fingerprint density at radius 1 is 1.15 bits per heavy atom. The number of carbonyl (C=O) groups is 1. The van der Waals surface area contributed by atoms with Gasteiger partial charge in [-0.25, -0.2) is 0 Å². The predicted molar refractivity (Wildman–Crippen MR) is 103 cm³/mol. The smallest absolute Gasteiger partial charge is 0.263 e. The highest BCUT2D eigenvalue weighted by molar-refractivity contribution is 5.81. The Morgan fingerprint density at radius 3 is 2.46 bits per heavy atom. The predicted octanol–water partition coefficient (Wildman–Crippen LogP) is 4.01. The Morgan fingerprint density at radius 2 is 1.85 bits per heavy atom. The standard InChI is InChI=1S/C22H27NO3/c1-3-23(15-18-13-14-25-16-18)22(24)17(2)26-21-11-9-20(10-12-21)19-7-5-4-6-8-19/h4-12,17-18H,3,13-16H2,1-2H3. The topological polar surface area (TPSA) is 38.8 Å². The van der Waals surface area contributed by atoms with Crippen molar-refractivity contribution >= 4 is 5.91 Å². The maximum absolute atomic E-state index is 12.7. The average Bonchev–Trinajstić information content (AvgIpc) is 3.20. The highest BCUT2D eigenvalue weighted by atomic mass is 16.5. The van der Waals surface area contributed by atoms with Crippen LogP contribution < -0.4 is 4.74 Å². The van der Waals surface area contributed by atoms with Crippen LogP contribution in [0.2, 0.25) is 0 Å². The monoisotopic (exact) mass is 353 g/mol. The molecule has 0 bridgehead atoms.